The molecule has 0 aliphatic rings. The van der Waals surface area contributed by atoms with Crippen molar-refractivity contribution in [1.29, 1.82) is 0 Å². The molecule has 1 rings (SSSR count). The maximum atomic E-state index is 13.1. The van der Waals surface area contributed by atoms with Crippen LogP contribution in [0.5, 0.6) is 5.75 Å². The van der Waals surface area contributed by atoms with Gasteiger partial charge in [-0.1, -0.05) is 65.8 Å². The molecule has 190 valence electrons. The molecule has 0 N–H and O–H groups in total. The van der Waals surface area contributed by atoms with Gasteiger partial charge in [0.1, 0.15) is 12.4 Å². The molecule has 0 bridgehead atoms. The van der Waals surface area contributed by atoms with Crippen LogP contribution in [0.4, 0.5) is 8.78 Å². The fraction of sp³-hybridized carbons (Fsp3) is 0.552. The third kappa shape index (κ3) is 8.41. The topological polar surface area (TPSA) is 35.5 Å². The van der Waals surface area contributed by atoms with Crippen LogP contribution in [0.15, 0.2) is 42.0 Å². The van der Waals surface area contributed by atoms with Gasteiger partial charge in [0.05, 0.1) is 6.61 Å². The van der Waals surface area contributed by atoms with Crippen molar-refractivity contribution < 1.29 is 23.0 Å². The molecule has 0 heterocycles. The number of rotatable bonds is 12. The summed E-state index contributed by atoms with van der Waals surface area (Å²) in [6.45, 7) is 18.1. The Labute approximate surface area is 204 Å². The number of benzene rings is 1. The van der Waals surface area contributed by atoms with Gasteiger partial charge in [-0.05, 0) is 67.2 Å². The van der Waals surface area contributed by atoms with Gasteiger partial charge in [-0.25, -0.2) is 13.6 Å². The molecule has 0 saturated carbocycles. The second-order valence-electron chi connectivity index (χ2n) is 9.93. The van der Waals surface area contributed by atoms with Crippen molar-refractivity contribution in [3.05, 3.63) is 58.7 Å². The van der Waals surface area contributed by atoms with Crippen LogP contribution in [0, 0.1) is 0 Å². The van der Waals surface area contributed by atoms with Crippen LogP contribution in [0.25, 0.3) is 5.57 Å². The molecule has 0 atom stereocenters. The van der Waals surface area contributed by atoms with Gasteiger partial charge in [0.25, 0.3) is 6.43 Å². The third-order valence-corrected chi connectivity index (χ3v) is 6.48. The van der Waals surface area contributed by atoms with Crippen molar-refractivity contribution in [3.63, 3.8) is 0 Å². The summed E-state index contributed by atoms with van der Waals surface area (Å²) in [6, 6.07) is 4.20. The third-order valence-electron chi connectivity index (χ3n) is 6.48. The van der Waals surface area contributed by atoms with Gasteiger partial charge in [0.15, 0.2) is 0 Å². The Morgan fingerprint density at radius 3 is 2.18 bits per heavy atom. The van der Waals surface area contributed by atoms with Crippen LogP contribution in [-0.4, -0.2) is 25.6 Å². The minimum absolute atomic E-state index is 0.0797. The zero-order valence-corrected chi connectivity index (χ0v) is 22.4. The fourth-order valence-electron chi connectivity index (χ4n) is 3.36. The van der Waals surface area contributed by atoms with Crippen molar-refractivity contribution in [2.24, 2.45) is 0 Å². The lowest BCUT2D eigenvalue weighted by Crippen LogP contribution is -2.23. The molecular formula is C29H42F2O3. The van der Waals surface area contributed by atoms with E-state index in [9.17, 15) is 13.6 Å². The predicted octanol–water partition coefficient (Wildman–Crippen LogP) is 8.17. The predicted molar refractivity (Wildman–Crippen MR) is 138 cm³/mol. The number of hydrogen-bond acceptors (Lipinski definition) is 3. The maximum absolute atomic E-state index is 13.1. The molecule has 0 unspecified atom stereocenters. The Balaban J connectivity index is 3.66. The van der Waals surface area contributed by atoms with Gasteiger partial charge in [0, 0.05) is 17.2 Å². The number of ether oxygens (including phenoxy) is 2. The monoisotopic (exact) mass is 476 g/mol. The van der Waals surface area contributed by atoms with E-state index in [0.29, 0.717) is 12.4 Å². The van der Waals surface area contributed by atoms with Gasteiger partial charge < -0.3 is 9.47 Å². The summed E-state index contributed by atoms with van der Waals surface area (Å²) >= 11 is 0. The van der Waals surface area contributed by atoms with E-state index in [2.05, 4.69) is 53.7 Å². The minimum atomic E-state index is -2.56. The van der Waals surface area contributed by atoms with Gasteiger partial charge in [-0.15, -0.1) is 0 Å². The average Bonchev–Trinajstić information content (AvgIpc) is 2.76. The Bertz CT molecular complexity index is 922. The summed E-state index contributed by atoms with van der Waals surface area (Å²) in [5.74, 6) is 0.137. The van der Waals surface area contributed by atoms with Crippen molar-refractivity contribution in [2.75, 3.05) is 13.2 Å². The Morgan fingerprint density at radius 2 is 1.65 bits per heavy atom. The molecule has 0 saturated heterocycles. The smallest absolute Gasteiger partial charge is 0.330 e. The molecule has 0 spiro atoms. The summed E-state index contributed by atoms with van der Waals surface area (Å²) in [7, 11) is 0. The number of halogens is 2. The highest BCUT2D eigenvalue weighted by molar-refractivity contribution is 5.83. The lowest BCUT2D eigenvalue weighted by atomic mass is 9.74. The molecule has 3 nitrogen and oxygen atoms in total. The van der Waals surface area contributed by atoms with Gasteiger partial charge in [-0.3, -0.25) is 0 Å². The lowest BCUT2D eigenvalue weighted by Gasteiger charge is -2.32. The second kappa shape index (κ2) is 12.9. The second-order valence-corrected chi connectivity index (χ2v) is 9.93. The highest BCUT2D eigenvalue weighted by Gasteiger charge is 2.29. The van der Waals surface area contributed by atoms with E-state index < -0.39 is 13.0 Å². The first-order valence-corrected chi connectivity index (χ1v) is 12.1. The maximum Gasteiger partial charge on any atom is 0.330 e. The summed E-state index contributed by atoms with van der Waals surface area (Å²) in [5, 5.41) is 0. The number of allylic oxidation sites excluding steroid dienone is 5. The van der Waals surface area contributed by atoms with Crippen LogP contribution >= 0.6 is 0 Å². The SMILES string of the molecule is CCOC(=O)/C=C(C)/C=C/C=C(/C)c1cc(C(C)(C)CC)cc(C(C)(C)CC)c1OCC(F)F. The highest BCUT2D eigenvalue weighted by atomic mass is 19.3. The van der Waals surface area contributed by atoms with Gasteiger partial charge in [-0.2, -0.15) is 0 Å². The summed E-state index contributed by atoms with van der Waals surface area (Å²) in [6.07, 6.45) is 6.24. The molecular weight excluding hydrogens is 434 g/mol. The number of carbonyl (C=O) groups is 1. The Hall–Kier alpha value is -2.43. The van der Waals surface area contributed by atoms with Crippen LogP contribution in [0.3, 0.4) is 0 Å². The van der Waals surface area contributed by atoms with E-state index in [0.717, 1.165) is 40.7 Å². The normalized spacial score (nSPS) is 13.6. The summed E-state index contributed by atoms with van der Waals surface area (Å²) in [4.78, 5) is 11.6. The largest absolute Gasteiger partial charge is 0.487 e. The average molecular weight is 477 g/mol. The van der Waals surface area contributed by atoms with Crippen molar-refractivity contribution >= 4 is 11.5 Å². The van der Waals surface area contributed by atoms with Crippen LogP contribution in [0.2, 0.25) is 0 Å². The molecule has 1 aromatic rings. The van der Waals surface area contributed by atoms with E-state index in [1.807, 2.05) is 32.1 Å². The van der Waals surface area contributed by atoms with Gasteiger partial charge >= 0.3 is 5.97 Å². The summed E-state index contributed by atoms with van der Waals surface area (Å²) in [5.41, 5.74) is 4.23. The van der Waals surface area contributed by atoms with Crippen LogP contribution < -0.4 is 4.74 Å². The molecule has 5 heteroatoms. The van der Waals surface area contributed by atoms with Crippen molar-refractivity contribution in [2.45, 2.75) is 92.4 Å². The molecule has 0 aromatic heterocycles. The number of esters is 1. The first-order valence-electron chi connectivity index (χ1n) is 12.1. The fourth-order valence-corrected chi connectivity index (χ4v) is 3.36. The van der Waals surface area contributed by atoms with E-state index in [4.69, 9.17) is 9.47 Å². The molecule has 0 fully saturated rings. The van der Waals surface area contributed by atoms with Crippen LogP contribution in [0.1, 0.15) is 91.8 Å². The minimum Gasteiger partial charge on any atom is -0.487 e. The molecule has 34 heavy (non-hydrogen) atoms. The van der Waals surface area contributed by atoms with Crippen molar-refractivity contribution in [3.8, 4) is 5.75 Å². The highest BCUT2D eigenvalue weighted by Crippen LogP contribution is 2.43. The van der Waals surface area contributed by atoms with E-state index in [-0.39, 0.29) is 16.8 Å². The number of alkyl halides is 2. The Kier molecular flexibility index (Phi) is 11.2. The number of carbonyl (C=O) groups excluding carboxylic acids is 1. The quantitative estimate of drug-likeness (QED) is 0.173. The van der Waals surface area contributed by atoms with Crippen LogP contribution in [-0.2, 0) is 20.4 Å². The molecule has 0 radical (unpaired) electrons. The zero-order valence-electron chi connectivity index (χ0n) is 22.4. The molecule has 0 aliphatic heterocycles. The first kappa shape index (κ1) is 29.6. The van der Waals surface area contributed by atoms with E-state index in [1.54, 1.807) is 6.92 Å². The van der Waals surface area contributed by atoms with E-state index in [1.165, 1.54) is 6.08 Å². The summed E-state index contributed by atoms with van der Waals surface area (Å²) < 4.78 is 37.0. The Morgan fingerprint density at radius 1 is 1.03 bits per heavy atom. The zero-order chi connectivity index (χ0) is 26.1. The first-order chi connectivity index (χ1) is 15.8. The molecule has 0 amide bonds. The van der Waals surface area contributed by atoms with E-state index >= 15 is 0 Å². The molecule has 1 aromatic carbocycles. The number of hydrogen-bond donors (Lipinski definition) is 0. The molecule has 0 aliphatic carbocycles. The lowest BCUT2D eigenvalue weighted by molar-refractivity contribution is -0.137. The van der Waals surface area contributed by atoms with Crippen molar-refractivity contribution in [1.82, 2.24) is 0 Å². The standard InChI is InChI=1S/C29H42F2O3/c1-10-28(6,7)22-17-23(21(5)15-13-14-20(4)16-26(32)33-12-3)27(34-19-25(30)31)24(18-22)29(8,9)11-2/h13-18,25H,10-12,19H2,1-9H3/b14-13+,20-16+,21-15-. The van der Waals surface area contributed by atoms with Gasteiger partial charge in [0.2, 0.25) is 0 Å².